The van der Waals surface area contributed by atoms with Crippen molar-refractivity contribution >= 4 is 11.6 Å². The van der Waals surface area contributed by atoms with Gasteiger partial charge in [0, 0.05) is 30.9 Å². The second-order valence-corrected chi connectivity index (χ2v) is 5.63. The molecule has 0 spiro atoms. The summed E-state index contributed by atoms with van der Waals surface area (Å²) in [7, 11) is 0. The summed E-state index contributed by atoms with van der Waals surface area (Å²) in [6.45, 7) is 2.85. The van der Waals surface area contributed by atoms with Crippen molar-refractivity contribution in [3.8, 4) is 0 Å². The van der Waals surface area contributed by atoms with Gasteiger partial charge in [-0.15, -0.1) is 0 Å². The number of hydrogen-bond donors (Lipinski definition) is 2. The lowest BCUT2D eigenvalue weighted by Gasteiger charge is -2.32. The van der Waals surface area contributed by atoms with Crippen molar-refractivity contribution in [2.45, 2.75) is 25.4 Å². The molecule has 21 heavy (non-hydrogen) atoms. The molecule has 2 aliphatic heterocycles. The monoisotopic (exact) mass is 290 g/mol. The molecule has 1 amide bonds. The average molecular weight is 290 g/mol. The first-order valence-corrected chi connectivity index (χ1v) is 7.66. The van der Waals surface area contributed by atoms with E-state index in [1.54, 1.807) is 0 Å². The molecular weight excluding hydrogens is 268 g/mol. The Kier molecular flexibility index (Phi) is 4.41. The molecule has 0 unspecified atom stereocenters. The van der Waals surface area contributed by atoms with Crippen molar-refractivity contribution in [1.82, 2.24) is 4.90 Å². The van der Waals surface area contributed by atoms with E-state index < -0.39 is 0 Å². The fourth-order valence-electron chi connectivity index (χ4n) is 3.07. The molecule has 1 fully saturated rings. The minimum Gasteiger partial charge on any atom is -0.394 e. The molecule has 1 aromatic carbocycles. The van der Waals surface area contributed by atoms with E-state index in [1.165, 1.54) is 5.56 Å². The van der Waals surface area contributed by atoms with Gasteiger partial charge in [-0.25, -0.2) is 0 Å². The molecule has 1 aromatic rings. The third kappa shape index (κ3) is 3.19. The Balaban J connectivity index is 1.59. The number of nitrogens with zero attached hydrogens (tertiary/aromatic N) is 1. The van der Waals surface area contributed by atoms with E-state index in [4.69, 9.17) is 9.84 Å². The largest absolute Gasteiger partial charge is 0.394 e. The van der Waals surface area contributed by atoms with Gasteiger partial charge >= 0.3 is 0 Å². The highest BCUT2D eigenvalue weighted by molar-refractivity contribution is 5.95. The zero-order valence-electron chi connectivity index (χ0n) is 12.2. The summed E-state index contributed by atoms with van der Waals surface area (Å²) >= 11 is 0. The van der Waals surface area contributed by atoms with Crippen LogP contribution in [-0.4, -0.2) is 54.9 Å². The van der Waals surface area contributed by atoms with Gasteiger partial charge in [0.15, 0.2) is 0 Å². The minimum atomic E-state index is 0.0578. The molecule has 3 rings (SSSR count). The van der Waals surface area contributed by atoms with Gasteiger partial charge < -0.3 is 20.1 Å². The first-order valence-electron chi connectivity index (χ1n) is 7.66. The van der Waals surface area contributed by atoms with Gasteiger partial charge in [-0.05, 0) is 43.0 Å². The van der Waals surface area contributed by atoms with Crippen LogP contribution in [0, 0.1) is 0 Å². The van der Waals surface area contributed by atoms with Crippen molar-refractivity contribution in [3.05, 3.63) is 29.3 Å². The van der Waals surface area contributed by atoms with Crippen LogP contribution in [0.2, 0.25) is 0 Å². The highest BCUT2D eigenvalue weighted by Gasteiger charge is 2.24. The molecule has 1 saturated heterocycles. The van der Waals surface area contributed by atoms with Gasteiger partial charge in [-0.1, -0.05) is 0 Å². The minimum absolute atomic E-state index is 0.0578. The Bertz CT molecular complexity index is 510. The lowest BCUT2D eigenvalue weighted by Crippen LogP contribution is -2.41. The van der Waals surface area contributed by atoms with Crippen LogP contribution in [-0.2, 0) is 11.2 Å². The second-order valence-electron chi connectivity index (χ2n) is 5.63. The zero-order valence-corrected chi connectivity index (χ0v) is 12.2. The summed E-state index contributed by atoms with van der Waals surface area (Å²) < 4.78 is 5.53. The number of nitrogens with one attached hydrogen (secondary N) is 1. The van der Waals surface area contributed by atoms with Crippen molar-refractivity contribution in [1.29, 1.82) is 0 Å². The molecule has 0 radical (unpaired) electrons. The summed E-state index contributed by atoms with van der Waals surface area (Å²) in [6.07, 6.45) is 2.86. The van der Waals surface area contributed by atoms with Gasteiger partial charge in [0.2, 0.25) is 0 Å². The van der Waals surface area contributed by atoms with E-state index in [1.807, 2.05) is 23.1 Å². The highest BCUT2D eigenvalue weighted by Crippen LogP contribution is 2.24. The van der Waals surface area contributed by atoms with Crippen molar-refractivity contribution in [3.63, 3.8) is 0 Å². The molecule has 0 aromatic heterocycles. The molecule has 2 heterocycles. The molecule has 0 saturated carbocycles. The van der Waals surface area contributed by atoms with Gasteiger partial charge in [0.25, 0.3) is 5.91 Å². The number of likely N-dealkylation sites (tertiary alicyclic amines) is 1. The number of amides is 1. The second kappa shape index (κ2) is 6.45. The molecule has 0 atom stereocenters. The fraction of sp³-hybridized carbons (Fsp3) is 0.562. The van der Waals surface area contributed by atoms with Crippen LogP contribution >= 0.6 is 0 Å². The lowest BCUT2D eigenvalue weighted by atomic mass is 10.0. The van der Waals surface area contributed by atoms with Gasteiger partial charge in [0.1, 0.15) is 0 Å². The zero-order chi connectivity index (χ0) is 14.7. The number of anilines is 1. The molecule has 0 aliphatic carbocycles. The number of piperidine rings is 1. The smallest absolute Gasteiger partial charge is 0.253 e. The molecule has 114 valence electrons. The quantitative estimate of drug-likeness (QED) is 0.876. The summed E-state index contributed by atoms with van der Waals surface area (Å²) in [6, 6.07) is 5.94. The Morgan fingerprint density at radius 3 is 2.95 bits per heavy atom. The molecule has 2 N–H and O–H groups in total. The van der Waals surface area contributed by atoms with E-state index in [-0.39, 0.29) is 18.6 Å². The Hall–Kier alpha value is -1.59. The number of hydrogen-bond acceptors (Lipinski definition) is 4. The molecule has 2 aliphatic rings. The maximum atomic E-state index is 12.5. The van der Waals surface area contributed by atoms with E-state index in [0.29, 0.717) is 6.61 Å². The molecule has 0 bridgehead atoms. The number of carbonyl (C=O) groups is 1. The third-order valence-electron chi connectivity index (χ3n) is 4.24. The van der Waals surface area contributed by atoms with E-state index in [9.17, 15) is 4.79 Å². The maximum Gasteiger partial charge on any atom is 0.253 e. The van der Waals surface area contributed by atoms with Crippen molar-refractivity contribution in [2.24, 2.45) is 0 Å². The van der Waals surface area contributed by atoms with Crippen molar-refractivity contribution in [2.75, 3.05) is 38.2 Å². The first-order chi connectivity index (χ1) is 10.3. The predicted octanol–water partition coefficient (Wildman–Crippen LogP) is 1.27. The number of benzene rings is 1. The number of aliphatic hydroxyl groups is 1. The van der Waals surface area contributed by atoms with Gasteiger partial charge in [0.05, 0.1) is 19.3 Å². The Labute approximate surface area is 124 Å². The number of ether oxygens (including phenoxy) is 1. The van der Waals surface area contributed by atoms with Crippen LogP contribution < -0.4 is 5.32 Å². The van der Waals surface area contributed by atoms with Gasteiger partial charge in [-0.2, -0.15) is 0 Å². The van der Waals surface area contributed by atoms with Crippen LogP contribution in [0.1, 0.15) is 28.8 Å². The number of fused-ring (bicyclic) bond motifs is 1. The number of rotatable bonds is 4. The van der Waals surface area contributed by atoms with Gasteiger partial charge in [-0.3, -0.25) is 4.79 Å². The van der Waals surface area contributed by atoms with Crippen LogP contribution in [0.3, 0.4) is 0 Å². The highest BCUT2D eigenvalue weighted by atomic mass is 16.5. The predicted molar refractivity (Wildman–Crippen MR) is 80.6 cm³/mol. The fourth-order valence-corrected chi connectivity index (χ4v) is 3.07. The van der Waals surface area contributed by atoms with Crippen molar-refractivity contribution < 1.29 is 14.6 Å². The molecule has 5 nitrogen and oxygen atoms in total. The normalized spacial score (nSPS) is 18.4. The summed E-state index contributed by atoms with van der Waals surface area (Å²) in [5, 5.41) is 12.1. The molecular formula is C16H22N2O3. The SMILES string of the molecule is O=C(c1ccc2c(c1)CCN2)N1CCC(OCCO)CC1. The van der Waals surface area contributed by atoms with E-state index in [0.717, 1.165) is 50.1 Å². The topological polar surface area (TPSA) is 61.8 Å². The number of aliphatic hydroxyl groups excluding tert-OH is 1. The summed E-state index contributed by atoms with van der Waals surface area (Å²) in [4.78, 5) is 14.5. The van der Waals surface area contributed by atoms with E-state index in [2.05, 4.69) is 5.32 Å². The molecule has 5 heteroatoms. The standard InChI is InChI=1S/C16H22N2O3/c19-9-10-21-14-4-7-18(8-5-14)16(20)13-1-2-15-12(11-13)3-6-17-15/h1-2,11,14,17,19H,3-10H2. The maximum absolute atomic E-state index is 12.5. The lowest BCUT2D eigenvalue weighted by molar-refractivity contribution is -0.00554. The van der Waals surface area contributed by atoms with Crippen LogP contribution in [0.25, 0.3) is 0 Å². The number of carbonyl (C=O) groups excluding carboxylic acids is 1. The first kappa shape index (κ1) is 14.4. The summed E-state index contributed by atoms with van der Waals surface area (Å²) in [5.74, 6) is 0.116. The van der Waals surface area contributed by atoms with Crippen LogP contribution in [0.15, 0.2) is 18.2 Å². The van der Waals surface area contributed by atoms with Crippen LogP contribution in [0.4, 0.5) is 5.69 Å². The van der Waals surface area contributed by atoms with Crippen LogP contribution in [0.5, 0.6) is 0 Å². The Morgan fingerprint density at radius 2 is 2.19 bits per heavy atom. The summed E-state index contributed by atoms with van der Waals surface area (Å²) in [5.41, 5.74) is 3.18. The Morgan fingerprint density at radius 1 is 1.38 bits per heavy atom. The average Bonchev–Trinajstić information content (AvgIpc) is 3.00. The third-order valence-corrected chi connectivity index (χ3v) is 4.24. The van der Waals surface area contributed by atoms with E-state index >= 15 is 0 Å².